The number of hydrogen-bond acceptors (Lipinski definition) is 3. The summed E-state index contributed by atoms with van der Waals surface area (Å²) in [5.41, 5.74) is 3.21. The summed E-state index contributed by atoms with van der Waals surface area (Å²) in [7, 11) is 0. The zero-order valence-electron chi connectivity index (χ0n) is 12.3. The normalized spacial score (nSPS) is 24.7. The van der Waals surface area contributed by atoms with Crippen LogP contribution in [0.25, 0.3) is 0 Å². The van der Waals surface area contributed by atoms with Crippen molar-refractivity contribution in [2.75, 3.05) is 5.32 Å². The summed E-state index contributed by atoms with van der Waals surface area (Å²) in [6.07, 6.45) is 5.37. The monoisotopic (exact) mass is 326 g/mol. The summed E-state index contributed by atoms with van der Waals surface area (Å²) in [5, 5.41) is 15.3. The summed E-state index contributed by atoms with van der Waals surface area (Å²) in [6, 6.07) is 12.8. The molecule has 4 nitrogen and oxygen atoms in total. The molecule has 0 fully saturated rings. The second-order valence-electron chi connectivity index (χ2n) is 6.03. The molecule has 0 bridgehead atoms. The first kappa shape index (κ1) is 14.3. The molecule has 0 radical (unpaired) electrons. The molecule has 1 aliphatic heterocycles. The Bertz CT molecular complexity index is 818. The van der Waals surface area contributed by atoms with Gasteiger partial charge in [-0.25, -0.2) is 0 Å². The molecule has 0 amide bonds. The Morgan fingerprint density at radius 2 is 2.04 bits per heavy atom. The van der Waals surface area contributed by atoms with E-state index in [2.05, 4.69) is 23.5 Å². The van der Waals surface area contributed by atoms with E-state index >= 15 is 0 Å². The zero-order valence-corrected chi connectivity index (χ0v) is 13.0. The van der Waals surface area contributed by atoms with Gasteiger partial charge in [0.15, 0.2) is 0 Å². The highest BCUT2D eigenvalue weighted by atomic mass is 35.5. The van der Waals surface area contributed by atoms with Crippen LogP contribution < -0.4 is 5.32 Å². The molecule has 23 heavy (non-hydrogen) atoms. The number of fused-ring (bicyclic) bond motifs is 3. The molecular weight excluding hydrogens is 312 g/mol. The fourth-order valence-electron chi connectivity index (χ4n) is 3.75. The maximum atomic E-state index is 11.1. The molecular formula is C18H15ClN2O2. The molecule has 2 aromatic rings. The Morgan fingerprint density at radius 3 is 2.87 bits per heavy atom. The highest BCUT2D eigenvalue weighted by molar-refractivity contribution is 6.33. The third-order valence-electron chi connectivity index (χ3n) is 4.79. The van der Waals surface area contributed by atoms with Gasteiger partial charge in [0.25, 0.3) is 5.69 Å². The van der Waals surface area contributed by atoms with Gasteiger partial charge in [0.1, 0.15) is 0 Å². The standard InChI is InChI=1S/C18H15ClN2O2/c19-16-9-3-8-15-13-6-2-7-14(13)17(20-18(15)16)11-4-1-5-12(10-11)21(22)23/h1-6,8-10,13-14,17,20H,7H2/t13-,14+,17+/m1/s1. The number of anilines is 1. The van der Waals surface area contributed by atoms with E-state index in [1.165, 1.54) is 11.6 Å². The lowest BCUT2D eigenvalue weighted by molar-refractivity contribution is -0.384. The van der Waals surface area contributed by atoms with Gasteiger partial charge in [-0.3, -0.25) is 10.1 Å². The van der Waals surface area contributed by atoms with E-state index in [9.17, 15) is 10.1 Å². The number of nitro benzene ring substituents is 1. The van der Waals surface area contributed by atoms with Gasteiger partial charge >= 0.3 is 0 Å². The molecule has 3 atom stereocenters. The number of rotatable bonds is 2. The molecule has 1 aliphatic carbocycles. The van der Waals surface area contributed by atoms with E-state index in [4.69, 9.17) is 11.6 Å². The van der Waals surface area contributed by atoms with Crippen LogP contribution in [-0.2, 0) is 0 Å². The van der Waals surface area contributed by atoms with Crippen molar-refractivity contribution < 1.29 is 4.92 Å². The van der Waals surface area contributed by atoms with Crippen LogP contribution in [-0.4, -0.2) is 4.92 Å². The number of nitrogens with zero attached hydrogens (tertiary/aromatic N) is 1. The van der Waals surface area contributed by atoms with Gasteiger partial charge in [-0.2, -0.15) is 0 Å². The summed E-state index contributed by atoms with van der Waals surface area (Å²) < 4.78 is 0. The second-order valence-corrected chi connectivity index (χ2v) is 6.44. The van der Waals surface area contributed by atoms with Crippen molar-refractivity contribution in [2.45, 2.75) is 18.4 Å². The van der Waals surface area contributed by atoms with Crippen molar-refractivity contribution in [2.24, 2.45) is 5.92 Å². The van der Waals surface area contributed by atoms with Gasteiger partial charge < -0.3 is 5.32 Å². The van der Waals surface area contributed by atoms with Crippen LogP contribution in [0.15, 0.2) is 54.6 Å². The van der Waals surface area contributed by atoms with E-state index in [0.717, 1.165) is 17.7 Å². The van der Waals surface area contributed by atoms with Gasteiger partial charge in [0.2, 0.25) is 0 Å². The van der Waals surface area contributed by atoms with E-state index < -0.39 is 0 Å². The Hall–Kier alpha value is -2.33. The predicted molar refractivity (Wildman–Crippen MR) is 90.9 cm³/mol. The first-order chi connectivity index (χ1) is 11.1. The quantitative estimate of drug-likeness (QED) is 0.476. The molecule has 5 heteroatoms. The predicted octanol–water partition coefficient (Wildman–Crippen LogP) is 5.07. The number of nitro groups is 1. The van der Waals surface area contributed by atoms with Crippen molar-refractivity contribution in [3.05, 3.63) is 80.9 Å². The number of benzene rings is 2. The number of hydrogen-bond donors (Lipinski definition) is 1. The minimum Gasteiger partial charge on any atom is -0.376 e. The molecule has 1 N–H and O–H groups in total. The molecule has 0 unspecified atom stereocenters. The summed E-state index contributed by atoms with van der Waals surface area (Å²) in [4.78, 5) is 10.7. The van der Waals surface area contributed by atoms with E-state index in [1.807, 2.05) is 18.2 Å². The fourth-order valence-corrected chi connectivity index (χ4v) is 3.98. The molecule has 2 aromatic carbocycles. The molecule has 2 aliphatic rings. The number of allylic oxidation sites excluding steroid dienone is 2. The molecule has 1 heterocycles. The van der Waals surface area contributed by atoms with Crippen LogP contribution in [0.4, 0.5) is 11.4 Å². The van der Waals surface area contributed by atoms with E-state index in [0.29, 0.717) is 16.9 Å². The minimum atomic E-state index is -0.350. The van der Waals surface area contributed by atoms with Crippen molar-refractivity contribution >= 4 is 23.0 Å². The van der Waals surface area contributed by atoms with Crippen molar-refractivity contribution in [1.82, 2.24) is 0 Å². The number of para-hydroxylation sites is 1. The molecule has 4 rings (SSSR count). The third-order valence-corrected chi connectivity index (χ3v) is 5.10. The van der Waals surface area contributed by atoms with Crippen LogP contribution in [0.1, 0.15) is 29.5 Å². The van der Waals surface area contributed by atoms with Gasteiger partial charge in [-0.1, -0.05) is 48.0 Å². The highest BCUT2D eigenvalue weighted by Crippen LogP contribution is 2.51. The van der Waals surface area contributed by atoms with Crippen LogP contribution in [0.3, 0.4) is 0 Å². The smallest absolute Gasteiger partial charge is 0.269 e. The largest absolute Gasteiger partial charge is 0.376 e. The molecule has 0 saturated carbocycles. The maximum absolute atomic E-state index is 11.1. The van der Waals surface area contributed by atoms with Gasteiger partial charge in [-0.05, 0) is 29.5 Å². The van der Waals surface area contributed by atoms with Crippen molar-refractivity contribution in [3.8, 4) is 0 Å². The lowest BCUT2D eigenvalue weighted by Gasteiger charge is -2.37. The van der Waals surface area contributed by atoms with E-state index in [1.54, 1.807) is 12.1 Å². The van der Waals surface area contributed by atoms with Gasteiger partial charge in [0.05, 0.1) is 21.7 Å². The van der Waals surface area contributed by atoms with Crippen LogP contribution in [0, 0.1) is 16.0 Å². The Morgan fingerprint density at radius 1 is 1.22 bits per heavy atom. The summed E-state index contributed by atoms with van der Waals surface area (Å²) in [5.74, 6) is 0.650. The fraction of sp³-hybridized carbons (Fsp3) is 0.222. The number of halogens is 1. The number of nitrogens with one attached hydrogen (secondary N) is 1. The second kappa shape index (κ2) is 5.39. The van der Waals surface area contributed by atoms with Crippen LogP contribution >= 0.6 is 11.6 Å². The lowest BCUT2D eigenvalue weighted by atomic mass is 9.77. The maximum Gasteiger partial charge on any atom is 0.269 e. The minimum absolute atomic E-state index is 0.0160. The topological polar surface area (TPSA) is 55.2 Å². The van der Waals surface area contributed by atoms with Crippen molar-refractivity contribution in [1.29, 1.82) is 0 Å². The van der Waals surface area contributed by atoms with Gasteiger partial charge in [-0.15, -0.1) is 0 Å². The lowest BCUT2D eigenvalue weighted by Crippen LogP contribution is -2.29. The molecule has 0 aromatic heterocycles. The third kappa shape index (κ3) is 2.30. The first-order valence-corrected chi connectivity index (χ1v) is 7.99. The SMILES string of the molecule is O=[N+]([O-])c1cccc([C@@H]2Nc3c(Cl)cccc3[C@@H]3C=CC[C@@H]32)c1. The first-order valence-electron chi connectivity index (χ1n) is 7.61. The highest BCUT2D eigenvalue weighted by Gasteiger charge is 2.38. The van der Waals surface area contributed by atoms with Crippen molar-refractivity contribution in [3.63, 3.8) is 0 Å². The Labute approximate surface area is 138 Å². The summed E-state index contributed by atoms with van der Waals surface area (Å²) in [6.45, 7) is 0. The summed E-state index contributed by atoms with van der Waals surface area (Å²) >= 11 is 6.37. The Balaban J connectivity index is 1.80. The molecule has 116 valence electrons. The number of non-ortho nitro benzene ring substituents is 1. The van der Waals surface area contributed by atoms with E-state index in [-0.39, 0.29) is 16.7 Å². The van der Waals surface area contributed by atoms with Crippen LogP contribution in [0.5, 0.6) is 0 Å². The van der Waals surface area contributed by atoms with Gasteiger partial charge in [0, 0.05) is 18.1 Å². The Kier molecular flexibility index (Phi) is 3.34. The zero-order chi connectivity index (χ0) is 16.0. The average Bonchev–Trinajstić information content (AvgIpc) is 3.04. The average molecular weight is 327 g/mol. The van der Waals surface area contributed by atoms with Crippen LogP contribution in [0.2, 0.25) is 5.02 Å². The molecule has 0 saturated heterocycles. The molecule has 0 spiro atoms.